The number of rotatable bonds is 5. The predicted octanol–water partition coefficient (Wildman–Crippen LogP) is 3.70. The number of hydrogen-bond acceptors (Lipinski definition) is 4. The van der Waals surface area contributed by atoms with Crippen LogP contribution in [-0.4, -0.2) is 40.0 Å². The molecular formula is C19H27N3O2. The van der Waals surface area contributed by atoms with Crippen LogP contribution in [0, 0.1) is 26.7 Å². The molecule has 0 saturated carbocycles. The van der Waals surface area contributed by atoms with E-state index >= 15 is 0 Å². The van der Waals surface area contributed by atoms with Gasteiger partial charge in [0.2, 0.25) is 0 Å². The molecule has 0 spiro atoms. The Morgan fingerprint density at radius 1 is 1.33 bits per heavy atom. The molecule has 0 N–H and O–H groups in total. The van der Waals surface area contributed by atoms with Gasteiger partial charge >= 0.3 is 0 Å². The number of carbonyl (C=O) groups excluding carboxylic acids is 1. The van der Waals surface area contributed by atoms with Gasteiger partial charge in [-0.05, 0) is 52.1 Å². The van der Waals surface area contributed by atoms with Crippen molar-refractivity contribution in [2.75, 3.05) is 19.6 Å². The third-order valence-corrected chi connectivity index (χ3v) is 5.12. The number of likely N-dealkylation sites (tertiary alicyclic amines) is 1. The van der Waals surface area contributed by atoms with Gasteiger partial charge in [0.1, 0.15) is 5.76 Å². The molecule has 0 aliphatic carbocycles. The van der Waals surface area contributed by atoms with Crippen molar-refractivity contribution in [3.05, 3.63) is 34.8 Å². The fourth-order valence-electron chi connectivity index (χ4n) is 3.77. The average molecular weight is 329 g/mol. The van der Waals surface area contributed by atoms with E-state index in [2.05, 4.69) is 17.0 Å². The van der Waals surface area contributed by atoms with Crippen molar-refractivity contribution < 1.29 is 9.32 Å². The summed E-state index contributed by atoms with van der Waals surface area (Å²) >= 11 is 0. The second-order valence-electron chi connectivity index (χ2n) is 6.99. The second-order valence-corrected chi connectivity index (χ2v) is 6.99. The minimum atomic E-state index is 0.200. The quantitative estimate of drug-likeness (QED) is 0.785. The molecule has 0 bridgehead atoms. The molecular weight excluding hydrogens is 302 g/mol. The van der Waals surface area contributed by atoms with E-state index in [-0.39, 0.29) is 5.78 Å². The van der Waals surface area contributed by atoms with Crippen LogP contribution >= 0.6 is 0 Å². The maximum absolute atomic E-state index is 12.8. The van der Waals surface area contributed by atoms with E-state index in [9.17, 15) is 4.79 Å². The largest absolute Gasteiger partial charge is 0.360 e. The van der Waals surface area contributed by atoms with E-state index in [1.807, 2.05) is 37.5 Å². The summed E-state index contributed by atoms with van der Waals surface area (Å²) in [5.41, 5.74) is 2.75. The fraction of sp³-hybridized carbons (Fsp3) is 0.579. The van der Waals surface area contributed by atoms with Gasteiger partial charge in [0.25, 0.3) is 0 Å². The van der Waals surface area contributed by atoms with Gasteiger partial charge in [-0.25, -0.2) is 0 Å². The van der Waals surface area contributed by atoms with Crippen LogP contribution in [0.5, 0.6) is 0 Å². The number of aryl methyl sites for hydroxylation is 2. The first-order valence-corrected chi connectivity index (χ1v) is 8.87. The highest BCUT2D eigenvalue weighted by molar-refractivity contribution is 5.99. The molecule has 24 heavy (non-hydrogen) atoms. The van der Waals surface area contributed by atoms with Gasteiger partial charge in [-0.15, -0.1) is 0 Å². The first-order valence-electron chi connectivity index (χ1n) is 8.87. The zero-order chi connectivity index (χ0) is 17.3. The minimum Gasteiger partial charge on any atom is -0.360 e. The molecule has 1 fully saturated rings. The Kier molecular flexibility index (Phi) is 4.90. The van der Waals surface area contributed by atoms with Crippen molar-refractivity contribution in [1.82, 2.24) is 14.6 Å². The molecule has 3 heterocycles. The summed E-state index contributed by atoms with van der Waals surface area (Å²) in [5.74, 6) is 2.44. The third kappa shape index (κ3) is 3.31. The van der Waals surface area contributed by atoms with E-state index in [4.69, 9.17) is 4.52 Å². The average Bonchev–Trinajstić information content (AvgIpc) is 3.10. The van der Waals surface area contributed by atoms with Gasteiger partial charge in [0, 0.05) is 29.6 Å². The summed E-state index contributed by atoms with van der Waals surface area (Å²) in [5, 5.41) is 4.08. The van der Waals surface area contributed by atoms with Crippen LogP contribution in [0.25, 0.3) is 5.82 Å². The van der Waals surface area contributed by atoms with Crippen LogP contribution in [0.2, 0.25) is 0 Å². The standard InChI is InChI=1S/C19H27N3O2/c1-5-16-7-6-8-21(11-16)12-18(23)17-9-13(2)22(15(17)4)19-10-14(3)24-20-19/h9-10,16H,5-8,11-12H2,1-4H3/t16-/m1/s1. The molecule has 130 valence electrons. The Morgan fingerprint density at radius 3 is 2.79 bits per heavy atom. The minimum absolute atomic E-state index is 0.200. The van der Waals surface area contributed by atoms with E-state index < -0.39 is 0 Å². The number of ketones is 1. The Labute approximate surface area is 143 Å². The molecule has 1 saturated heterocycles. The molecule has 5 heteroatoms. The van der Waals surface area contributed by atoms with Crippen molar-refractivity contribution >= 4 is 5.78 Å². The molecule has 0 unspecified atom stereocenters. The number of hydrogen-bond donors (Lipinski definition) is 0. The first-order chi connectivity index (χ1) is 11.5. The summed E-state index contributed by atoms with van der Waals surface area (Å²) in [7, 11) is 0. The molecule has 0 aromatic carbocycles. The Hall–Kier alpha value is -1.88. The van der Waals surface area contributed by atoms with Crippen molar-refractivity contribution in [2.24, 2.45) is 5.92 Å². The number of Topliss-reactive ketones (excluding diaryl/α,β-unsaturated/α-hetero) is 1. The van der Waals surface area contributed by atoms with Gasteiger partial charge in [-0.3, -0.25) is 14.3 Å². The monoisotopic (exact) mass is 329 g/mol. The number of nitrogens with zero attached hydrogens (tertiary/aromatic N) is 3. The zero-order valence-electron chi connectivity index (χ0n) is 15.1. The van der Waals surface area contributed by atoms with Crippen molar-refractivity contribution in [2.45, 2.75) is 47.0 Å². The molecule has 2 aromatic rings. The summed E-state index contributed by atoms with van der Waals surface area (Å²) in [6, 6.07) is 3.87. The summed E-state index contributed by atoms with van der Waals surface area (Å²) in [6.07, 6.45) is 3.69. The normalized spacial score (nSPS) is 18.9. The first kappa shape index (κ1) is 17.0. The lowest BCUT2D eigenvalue weighted by Crippen LogP contribution is -2.38. The van der Waals surface area contributed by atoms with Gasteiger partial charge in [0.15, 0.2) is 11.6 Å². The highest BCUT2D eigenvalue weighted by Crippen LogP contribution is 2.23. The number of carbonyl (C=O) groups is 1. The van der Waals surface area contributed by atoms with Gasteiger partial charge in [-0.1, -0.05) is 18.5 Å². The molecule has 1 aliphatic rings. The van der Waals surface area contributed by atoms with Crippen molar-refractivity contribution in [3.63, 3.8) is 0 Å². The highest BCUT2D eigenvalue weighted by Gasteiger charge is 2.23. The van der Waals surface area contributed by atoms with E-state index in [0.29, 0.717) is 6.54 Å². The molecule has 0 amide bonds. The number of aromatic nitrogens is 2. The van der Waals surface area contributed by atoms with E-state index in [1.54, 1.807) is 0 Å². The van der Waals surface area contributed by atoms with Crippen LogP contribution in [0.3, 0.4) is 0 Å². The second kappa shape index (κ2) is 6.93. The lowest BCUT2D eigenvalue weighted by atomic mass is 9.95. The molecule has 3 rings (SSSR count). The third-order valence-electron chi connectivity index (χ3n) is 5.12. The predicted molar refractivity (Wildman–Crippen MR) is 93.8 cm³/mol. The van der Waals surface area contributed by atoms with Crippen LogP contribution in [0.15, 0.2) is 16.7 Å². The maximum Gasteiger partial charge on any atom is 0.180 e. The van der Waals surface area contributed by atoms with Crippen LogP contribution in [0.4, 0.5) is 0 Å². The molecule has 1 atom stereocenters. The van der Waals surface area contributed by atoms with Crippen molar-refractivity contribution in [3.8, 4) is 5.82 Å². The lowest BCUT2D eigenvalue weighted by molar-refractivity contribution is 0.0884. The Morgan fingerprint density at radius 2 is 2.12 bits per heavy atom. The van der Waals surface area contributed by atoms with Crippen LogP contribution in [-0.2, 0) is 0 Å². The van der Waals surface area contributed by atoms with Crippen LogP contribution in [0.1, 0.15) is 53.7 Å². The Bertz CT molecular complexity index is 729. The van der Waals surface area contributed by atoms with Gasteiger partial charge in [0.05, 0.1) is 6.54 Å². The summed E-state index contributed by atoms with van der Waals surface area (Å²) in [4.78, 5) is 15.1. The topological polar surface area (TPSA) is 51.3 Å². The molecule has 2 aromatic heterocycles. The fourth-order valence-corrected chi connectivity index (χ4v) is 3.77. The van der Waals surface area contributed by atoms with Crippen LogP contribution < -0.4 is 0 Å². The Balaban J connectivity index is 1.78. The molecule has 5 nitrogen and oxygen atoms in total. The maximum atomic E-state index is 12.8. The molecule has 1 aliphatic heterocycles. The van der Waals surface area contributed by atoms with E-state index in [0.717, 1.165) is 47.5 Å². The molecule has 0 radical (unpaired) electrons. The van der Waals surface area contributed by atoms with Gasteiger partial charge in [-0.2, -0.15) is 0 Å². The van der Waals surface area contributed by atoms with E-state index in [1.165, 1.54) is 19.3 Å². The number of piperidine rings is 1. The summed E-state index contributed by atoms with van der Waals surface area (Å²) < 4.78 is 7.18. The zero-order valence-corrected chi connectivity index (χ0v) is 15.1. The summed E-state index contributed by atoms with van der Waals surface area (Å²) in [6.45, 7) is 10.7. The lowest BCUT2D eigenvalue weighted by Gasteiger charge is -2.31. The highest BCUT2D eigenvalue weighted by atomic mass is 16.5. The smallest absolute Gasteiger partial charge is 0.180 e. The van der Waals surface area contributed by atoms with Crippen molar-refractivity contribution in [1.29, 1.82) is 0 Å². The SMILES string of the molecule is CC[C@@H]1CCCN(CC(=O)c2cc(C)n(-c3cc(C)on3)c2C)C1. The van der Waals surface area contributed by atoms with Gasteiger partial charge < -0.3 is 4.52 Å².